The lowest BCUT2D eigenvalue weighted by molar-refractivity contribution is -0.318. The zero-order valence-electron chi connectivity index (χ0n) is 24.8. The molecule has 1 heterocycles. The number of rotatable bonds is 7. The van der Waals surface area contributed by atoms with Gasteiger partial charge < -0.3 is 49.0 Å². The molecule has 1 aliphatic heterocycles. The smallest absolute Gasteiger partial charge is 0.338 e. The molecule has 42 heavy (non-hydrogen) atoms. The van der Waals surface area contributed by atoms with Crippen LogP contribution < -0.4 is 0 Å². The van der Waals surface area contributed by atoms with Gasteiger partial charge in [0.05, 0.1) is 30.5 Å². The van der Waals surface area contributed by atoms with Crippen molar-refractivity contribution in [1.82, 2.24) is 4.90 Å². The Balaban J connectivity index is 1.47. The van der Waals surface area contributed by atoms with Crippen LogP contribution in [0.2, 0.25) is 0 Å². The molecule has 11 nitrogen and oxygen atoms in total. The van der Waals surface area contributed by atoms with Gasteiger partial charge in [0.25, 0.3) is 0 Å². The van der Waals surface area contributed by atoms with Crippen molar-refractivity contribution in [3.8, 4) is 0 Å². The van der Waals surface area contributed by atoms with E-state index >= 15 is 0 Å². The molecule has 232 valence electrons. The van der Waals surface area contributed by atoms with Crippen LogP contribution in [0.5, 0.6) is 0 Å². The fourth-order valence-electron chi connectivity index (χ4n) is 11.8. The van der Waals surface area contributed by atoms with Gasteiger partial charge in [-0.25, -0.2) is 4.79 Å². The Morgan fingerprint density at radius 1 is 1.00 bits per heavy atom. The van der Waals surface area contributed by atoms with Crippen molar-refractivity contribution in [2.45, 2.75) is 66.7 Å². The van der Waals surface area contributed by atoms with Crippen LogP contribution in [-0.4, -0.2) is 134 Å². The molecule has 5 saturated carbocycles. The van der Waals surface area contributed by atoms with E-state index in [4.69, 9.17) is 23.7 Å². The SMILES string of the molecule is COC[C@]12CN(C)C3C4[C@H](OC)[C@H]1C3(C(OC)C[C@H]2O)[C@H]1C[C@]2(O)[C@H](OC(=O)c3ccccc3)[C@@H]1[C@]4(O)[C@@H](O)[C@@H]2OC. The minimum absolute atomic E-state index is 0.102. The number of benzene rings is 1. The number of methoxy groups -OCH3 is 4. The number of aliphatic hydroxyl groups is 4. The summed E-state index contributed by atoms with van der Waals surface area (Å²) in [6.45, 7) is 0.760. The average molecular weight is 590 g/mol. The summed E-state index contributed by atoms with van der Waals surface area (Å²) in [6.07, 6.45) is -5.28. The van der Waals surface area contributed by atoms with Crippen molar-refractivity contribution in [2.24, 2.45) is 34.5 Å². The first-order valence-electron chi connectivity index (χ1n) is 14.9. The van der Waals surface area contributed by atoms with E-state index in [1.165, 1.54) is 7.11 Å². The molecule has 0 aromatic heterocycles. The Hall–Kier alpha value is -1.67. The van der Waals surface area contributed by atoms with E-state index < -0.39 is 82.4 Å². The third kappa shape index (κ3) is 3.05. The van der Waals surface area contributed by atoms with E-state index in [-0.39, 0.29) is 25.0 Å². The highest BCUT2D eigenvalue weighted by Gasteiger charge is 2.91. The first kappa shape index (κ1) is 29.1. The van der Waals surface area contributed by atoms with E-state index in [2.05, 4.69) is 4.90 Å². The average Bonchev–Trinajstić information content (AvgIpc) is 3.37. The summed E-state index contributed by atoms with van der Waals surface area (Å²) in [5.74, 6) is -2.96. The molecular formula is C31H43NO10. The van der Waals surface area contributed by atoms with Crippen LogP contribution in [0, 0.1) is 34.5 Å². The van der Waals surface area contributed by atoms with Gasteiger partial charge in [-0.05, 0) is 31.5 Å². The molecule has 7 bridgehead atoms. The zero-order chi connectivity index (χ0) is 30.0. The van der Waals surface area contributed by atoms with Gasteiger partial charge in [-0.15, -0.1) is 0 Å². The summed E-state index contributed by atoms with van der Waals surface area (Å²) in [4.78, 5) is 15.7. The molecule has 11 heteroatoms. The molecular weight excluding hydrogens is 546 g/mol. The molecule has 15 atom stereocenters. The number of esters is 1. The van der Waals surface area contributed by atoms with Gasteiger partial charge in [0, 0.05) is 76.0 Å². The van der Waals surface area contributed by atoms with Gasteiger partial charge in [0.2, 0.25) is 0 Å². The van der Waals surface area contributed by atoms with Crippen molar-refractivity contribution < 1.29 is 48.9 Å². The van der Waals surface area contributed by atoms with Gasteiger partial charge in [-0.1, -0.05) is 18.2 Å². The first-order chi connectivity index (χ1) is 20.0. The van der Waals surface area contributed by atoms with E-state index in [1.807, 2.05) is 7.05 Å². The summed E-state index contributed by atoms with van der Waals surface area (Å²) in [7, 11) is 8.22. The van der Waals surface area contributed by atoms with Crippen molar-refractivity contribution in [1.29, 1.82) is 0 Å². The maximum atomic E-state index is 13.5. The lowest BCUT2D eigenvalue weighted by Gasteiger charge is -2.69. The second-order valence-electron chi connectivity index (χ2n) is 13.7. The molecule has 1 aromatic carbocycles. The summed E-state index contributed by atoms with van der Waals surface area (Å²) < 4.78 is 30.3. The Bertz CT molecular complexity index is 1240. The summed E-state index contributed by atoms with van der Waals surface area (Å²) in [5, 5.41) is 49.4. The zero-order valence-corrected chi connectivity index (χ0v) is 24.8. The summed E-state index contributed by atoms with van der Waals surface area (Å²) in [6, 6.07) is 8.22. The number of hydrogen-bond donors (Lipinski definition) is 4. The van der Waals surface area contributed by atoms with Crippen LogP contribution in [-0.2, 0) is 23.7 Å². The van der Waals surface area contributed by atoms with E-state index in [9.17, 15) is 25.2 Å². The van der Waals surface area contributed by atoms with Crippen LogP contribution in [0.15, 0.2) is 30.3 Å². The van der Waals surface area contributed by atoms with Crippen molar-refractivity contribution >= 4 is 5.97 Å². The molecule has 1 saturated heterocycles. The molecule has 0 radical (unpaired) electrons. The highest BCUT2D eigenvalue weighted by molar-refractivity contribution is 5.89. The standard InChI is InChI=1S/C31H43NO10/c1-32-13-28(14-38-2)17(33)11-18(39-3)30-16-12-29(36)25(42-27(35)15-9-7-6-8-10-15)19(16)31(37,24(34)26(29)41-5)20(23(30)32)21(40-4)22(28)30/h6-10,16-26,33-34,36-37H,11-14H2,1-5H3/t16-,17+,18?,19+,20?,21-,22+,23?,24-,25+,26-,28-,29-,30?,31+/m0/s1. The number of ether oxygens (including phenoxy) is 5. The van der Waals surface area contributed by atoms with Crippen molar-refractivity contribution in [3.63, 3.8) is 0 Å². The maximum absolute atomic E-state index is 13.5. The summed E-state index contributed by atoms with van der Waals surface area (Å²) >= 11 is 0. The Morgan fingerprint density at radius 3 is 2.33 bits per heavy atom. The number of likely N-dealkylation sites (tertiary alicyclic amines) is 1. The highest BCUT2D eigenvalue weighted by atomic mass is 16.6. The van der Waals surface area contributed by atoms with Gasteiger partial charge in [0.15, 0.2) is 0 Å². The molecule has 1 aromatic rings. The van der Waals surface area contributed by atoms with Crippen LogP contribution in [0.1, 0.15) is 23.2 Å². The molecule has 0 amide bonds. The third-order valence-electron chi connectivity index (χ3n) is 12.6. The minimum Gasteiger partial charge on any atom is -0.455 e. The van der Waals surface area contributed by atoms with Crippen LogP contribution in [0.25, 0.3) is 0 Å². The van der Waals surface area contributed by atoms with Crippen LogP contribution in [0.4, 0.5) is 0 Å². The number of aliphatic hydroxyl groups excluding tert-OH is 2. The number of piperidine rings is 1. The topological polar surface area (TPSA) is 147 Å². The predicted octanol–water partition coefficient (Wildman–Crippen LogP) is -0.313. The maximum Gasteiger partial charge on any atom is 0.338 e. The second-order valence-corrected chi connectivity index (χ2v) is 13.7. The normalized spacial score (nSPS) is 53.7. The third-order valence-corrected chi connectivity index (χ3v) is 12.6. The van der Waals surface area contributed by atoms with Crippen LogP contribution >= 0.6 is 0 Å². The molecule has 1 spiro atoms. The highest BCUT2D eigenvalue weighted by Crippen LogP contribution is 2.80. The monoisotopic (exact) mass is 589 g/mol. The fraction of sp³-hybridized carbons (Fsp3) is 0.774. The van der Waals surface area contributed by atoms with E-state index in [0.29, 0.717) is 18.5 Å². The minimum atomic E-state index is -1.86. The molecule has 7 rings (SSSR count). The lowest BCUT2D eigenvalue weighted by Crippen LogP contribution is -2.80. The van der Waals surface area contributed by atoms with Gasteiger partial charge in [-0.3, -0.25) is 0 Å². The molecule has 5 aliphatic carbocycles. The number of hydrogen-bond acceptors (Lipinski definition) is 11. The molecule has 6 aliphatic rings. The van der Waals surface area contributed by atoms with E-state index in [1.54, 1.807) is 51.7 Å². The van der Waals surface area contributed by atoms with E-state index in [0.717, 1.165) is 0 Å². The summed E-state index contributed by atoms with van der Waals surface area (Å²) in [5.41, 5.74) is -4.81. The van der Waals surface area contributed by atoms with Crippen LogP contribution in [0.3, 0.4) is 0 Å². The molecule has 4 unspecified atom stereocenters. The van der Waals surface area contributed by atoms with Gasteiger partial charge in [0.1, 0.15) is 29.5 Å². The molecule has 4 N–H and O–H groups in total. The number of nitrogens with zero attached hydrogens (tertiary/aromatic N) is 1. The molecule has 6 fully saturated rings. The quantitative estimate of drug-likeness (QED) is 0.311. The van der Waals surface area contributed by atoms with Crippen molar-refractivity contribution in [3.05, 3.63) is 35.9 Å². The second kappa shape index (κ2) is 9.42. The first-order valence-corrected chi connectivity index (χ1v) is 14.9. The Morgan fingerprint density at radius 2 is 1.71 bits per heavy atom. The predicted molar refractivity (Wildman–Crippen MR) is 146 cm³/mol. The Kier molecular flexibility index (Phi) is 6.52. The fourth-order valence-corrected chi connectivity index (χ4v) is 11.8. The number of fused-ring (bicyclic) bond motifs is 2. The Labute approximate surface area is 245 Å². The van der Waals surface area contributed by atoms with Gasteiger partial charge in [-0.2, -0.15) is 0 Å². The largest absolute Gasteiger partial charge is 0.455 e. The lowest BCUT2D eigenvalue weighted by atomic mass is 9.42. The number of carbonyl (C=O) groups is 1. The number of carbonyl (C=O) groups excluding carboxylic acids is 1. The van der Waals surface area contributed by atoms with Crippen molar-refractivity contribution in [2.75, 3.05) is 48.6 Å². The van der Waals surface area contributed by atoms with Gasteiger partial charge >= 0.3 is 5.97 Å².